The molecule has 1 rings (SSSR count). The zero-order valence-electron chi connectivity index (χ0n) is 14.7. The second-order valence-corrected chi connectivity index (χ2v) is 6.15. The lowest BCUT2D eigenvalue weighted by atomic mass is 10.0. The molecule has 25 heavy (non-hydrogen) atoms. The summed E-state index contributed by atoms with van der Waals surface area (Å²) in [6, 6.07) is 3.17. The summed E-state index contributed by atoms with van der Waals surface area (Å²) in [7, 11) is 0. The fourth-order valence-electron chi connectivity index (χ4n) is 2.17. The lowest BCUT2D eigenvalue weighted by molar-refractivity contribution is -0.147. The van der Waals surface area contributed by atoms with Crippen molar-refractivity contribution in [2.45, 2.75) is 52.3 Å². The highest BCUT2D eigenvalue weighted by Crippen LogP contribution is 2.29. The van der Waals surface area contributed by atoms with Gasteiger partial charge in [0.25, 0.3) is 5.91 Å². The van der Waals surface area contributed by atoms with Gasteiger partial charge in [-0.2, -0.15) is 13.2 Å². The number of carbonyl (C=O) groups excluding carboxylic acids is 2. The standard InChI is InChI=1S/C18H24F3NO3/c1-4-5-6-10-25-17(24)15(12(2)3)22-16(23)13-8-7-9-14(11-13)18(19,20)21/h7-9,11-12,15H,4-6,10H2,1-3H3,(H,22,23). The number of halogens is 3. The van der Waals surface area contributed by atoms with E-state index in [1.807, 2.05) is 6.92 Å². The molecule has 0 bridgehead atoms. The Morgan fingerprint density at radius 2 is 1.88 bits per heavy atom. The topological polar surface area (TPSA) is 55.4 Å². The molecule has 0 spiro atoms. The SMILES string of the molecule is CCCCCOC(=O)C(NC(=O)c1cccc(C(F)(F)F)c1)C(C)C. The molecule has 0 aliphatic heterocycles. The van der Waals surface area contributed by atoms with Crippen LogP contribution in [0.5, 0.6) is 0 Å². The number of amides is 1. The van der Waals surface area contributed by atoms with Crippen molar-refractivity contribution in [2.75, 3.05) is 6.61 Å². The number of alkyl halides is 3. The van der Waals surface area contributed by atoms with E-state index < -0.39 is 29.7 Å². The molecule has 1 atom stereocenters. The van der Waals surface area contributed by atoms with Crippen LogP contribution in [0.4, 0.5) is 13.2 Å². The first-order valence-corrected chi connectivity index (χ1v) is 8.31. The number of carbonyl (C=O) groups is 2. The maximum atomic E-state index is 12.7. The van der Waals surface area contributed by atoms with Crippen molar-refractivity contribution in [3.05, 3.63) is 35.4 Å². The van der Waals surface area contributed by atoms with Crippen LogP contribution < -0.4 is 5.32 Å². The molecule has 0 fully saturated rings. The number of hydrogen-bond acceptors (Lipinski definition) is 3. The molecule has 1 amide bonds. The van der Waals surface area contributed by atoms with Crippen LogP contribution in [0.25, 0.3) is 0 Å². The van der Waals surface area contributed by atoms with Crippen LogP contribution in [0.3, 0.4) is 0 Å². The first-order chi connectivity index (χ1) is 11.7. The van der Waals surface area contributed by atoms with Crippen molar-refractivity contribution >= 4 is 11.9 Å². The lowest BCUT2D eigenvalue weighted by Crippen LogP contribution is -2.45. The Kier molecular flexibility index (Phi) is 7.93. The van der Waals surface area contributed by atoms with E-state index in [-0.39, 0.29) is 18.1 Å². The maximum Gasteiger partial charge on any atom is 0.416 e. The zero-order valence-corrected chi connectivity index (χ0v) is 14.7. The highest BCUT2D eigenvalue weighted by molar-refractivity contribution is 5.97. The number of rotatable bonds is 8. The van der Waals surface area contributed by atoms with E-state index in [1.165, 1.54) is 6.07 Å². The van der Waals surface area contributed by atoms with Crippen molar-refractivity contribution < 1.29 is 27.5 Å². The number of benzene rings is 1. The summed E-state index contributed by atoms with van der Waals surface area (Å²) in [5.74, 6) is -1.57. The van der Waals surface area contributed by atoms with Gasteiger partial charge in [0.05, 0.1) is 12.2 Å². The predicted octanol–water partition coefficient (Wildman–Crippen LogP) is 4.19. The van der Waals surface area contributed by atoms with Crippen molar-refractivity contribution in [3.8, 4) is 0 Å². The van der Waals surface area contributed by atoms with E-state index in [0.29, 0.717) is 0 Å². The van der Waals surface area contributed by atoms with Gasteiger partial charge < -0.3 is 10.1 Å². The van der Waals surface area contributed by atoms with Gasteiger partial charge in [0.2, 0.25) is 0 Å². The molecule has 1 aromatic rings. The summed E-state index contributed by atoms with van der Waals surface area (Å²) in [5, 5.41) is 2.47. The van der Waals surface area contributed by atoms with E-state index in [4.69, 9.17) is 4.74 Å². The summed E-state index contributed by atoms with van der Waals surface area (Å²) in [4.78, 5) is 24.4. The van der Waals surface area contributed by atoms with Crippen molar-refractivity contribution in [3.63, 3.8) is 0 Å². The molecular formula is C18H24F3NO3. The molecule has 0 aromatic heterocycles. The van der Waals surface area contributed by atoms with Gasteiger partial charge in [-0.1, -0.05) is 39.7 Å². The number of esters is 1. The first kappa shape index (κ1) is 21.0. The first-order valence-electron chi connectivity index (χ1n) is 8.31. The molecule has 0 aliphatic carbocycles. The second kappa shape index (κ2) is 9.44. The third kappa shape index (κ3) is 6.76. The molecule has 0 aliphatic rings. The smallest absolute Gasteiger partial charge is 0.416 e. The fourth-order valence-corrected chi connectivity index (χ4v) is 2.17. The highest BCUT2D eigenvalue weighted by atomic mass is 19.4. The van der Waals surface area contributed by atoms with Gasteiger partial charge in [-0.15, -0.1) is 0 Å². The molecule has 4 nitrogen and oxygen atoms in total. The summed E-state index contributed by atoms with van der Waals surface area (Å²) in [5.41, 5.74) is -1.07. The molecular weight excluding hydrogens is 335 g/mol. The highest BCUT2D eigenvalue weighted by Gasteiger charge is 2.31. The molecule has 1 aromatic carbocycles. The third-order valence-corrected chi connectivity index (χ3v) is 3.65. The molecule has 1 N–H and O–H groups in total. The van der Waals surface area contributed by atoms with Crippen LogP contribution >= 0.6 is 0 Å². The Morgan fingerprint density at radius 1 is 1.20 bits per heavy atom. The Hall–Kier alpha value is -2.05. The van der Waals surface area contributed by atoms with Gasteiger partial charge >= 0.3 is 12.1 Å². The van der Waals surface area contributed by atoms with Crippen molar-refractivity contribution in [2.24, 2.45) is 5.92 Å². The van der Waals surface area contributed by atoms with E-state index in [2.05, 4.69) is 5.32 Å². The van der Waals surface area contributed by atoms with Crippen LogP contribution in [-0.4, -0.2) is 24.5 Å². The molecule has 0 saturated carbocycles. The summed E-state index contributed by atoms with van der Waals surface area (Å²) in [6.45, 7) is 5.73. The van der Waals surface area contributed by atoms with Crippen LogP contribution in [-0.2, 0) is 15.7 Å². The van der Waals surface area contributed by atoms with Gasteiger partial charge in [-0.25, -0.2) is 4.79 Å². The minimum absolute atomic E-state index is 0.153. The van der Waals surface area contributed by atoms with E-state index in [9.17, 15) is 22.8 Å². The molecule has 0 radical (unpaired) electrons. The molecule has 140 valence electrons. The minimum Gasteiger partial charge on any atom is -0.464 e. The average Bonchev–Trinajstić information content (AvgIpc) is 2.55. The van der Waals surface area contributed by atoms with Gasteiger partial charge in [0, 0.05) is 5.56 Å². The minimum atomic E-state index is -4.54. The maximum absolute atomic E-state index is 12.7. The van der Waals surface area contributed by atoms with Gasteiger partial charge in [0.15, 0.2) is 0 Å². The fraction of sp³-hybridized carbons (Fsp3) is 0.556. The van der Waals surface area contributed by atoms with Crippen LogP contribution in [0.15, 0.2) is 24.3 Å². The Labute approximate surface area is 145 Å². The van der Waals surface area contributed by atoms with Crippen LogP contribution in [0.1, 0.15) is 56.0 Å². The predicted molar refractivity (Wildman–Crippen MR) is 88.0 cm³/mol. The van der Waals surface area contributed by atoms with Gasteiger partial charge in [0.1, 0.15) is 6.04 Å². The number of unbranched alkanes of at least 4 members (excludes halogenated alkanes) is 2. The Balaban J connectivity index is 2.78. The van der Waals surface area contributed by atoms with Crippen molar-refractivity contribution in [1.82, 2.24) is 5.32 Å². The van der Waals surface area contributed by atoms with Crippen LogP contribution in [0, 0.1) is 5.92 Å². The molecule has 0 saturated heterocycles. The van der Waals surface area contributed by atoms with E-state index in [0.717, 1.165) is 37.5 Å². The summed E-state index contributed by atoms with van der Waals surface area (Å²) in [6.07, 6.45) is -1.89. The largest absolute Gasteiger partial charge is 0.464 e. The number of hydrogen-bond donors (Lipinski definition) is 1. The molecule has 1 unspecified atom stereocenters. The van der Waals surface area contributed by atoms with E-state index in [1.54, 1.807) is 13.8 Å². The average molecular weight is 359 g/mol. The number of nitrogens with one attached hydrogen (secondary N) is 1. The van der Waals surface area contributed by atoms with Gasteiger partial charge in [-0.3, -0.25) is 4.79 Å². The Morgan fingerprint density at radius 3 is 2.44 bits per heavy atom. The number of ether oxygens (including phenoxy) is 1. The molecule has 7 heteroatoms. The van der Waals surface area contributed by atoms with Crippen molar-refractivity contribution in [1.29, 1.82) is 0 Å². The summed E-state index contributed by atoms with van der Waals surface area (Å²) >= 11 is 0. The normalized spacial score (nSPS) is 12.8. The van der Waals surface area contributed by atoms with Gasteiger partial charge in [-0.05, 0) is 30.5 Å². The summed E-state index contributed by atoms with van der Waals surface area (Å²) < 4.78 is 43.4. The lowest BCUT2D eigenvalue weighted by Gasteiger charge is -2.21. The van der Waals surface area contributed by atoms with Crippen LogP contribution in [0.2, 0.25) is 0 Å². The zero-order chi connectivity index (χ0) is 19.0. The quantitative estimate of drug-likeness (QED) is 0.559. The molecule has 0 heterocycles. The van der Waals surface area contributed by atoms with E-state index >= 15 is 0 Å². The monoisotopic (exact) mass is 359 g/mol. The third-order valence-electron chi connectivity index (χ3n) is 3.65. The second-order valence-electron chi connectivity index (χ2n) is 6.15. The Bertz CT molecular complexity index is 585.